The highest BCUT2D eigenvalue weighted by atomic mass is 79.9. The summed E-state index contributed by atoms with van der Waals surface area (Å²) in [5.74, 6) is 1.36. The molecule has 1 amide bonds. The molecule has 1 unspecified atom stereocenters. The maximum absolute atomic E-state index is 12.9. The third kappa shape index (κ3) is 6.81. The third-order valence-corrected chi connectivity index (χ3v) is 8.11. The molecule has 204 valence electrons. The van der Waals surface area contributed by atoms with Gasteiger partial charge in [0.2, 0.25) is 5.91 Å². The summed E-state index contributed by atoms with van der Waals surface area (Å²) in [7, 11) is 2.91. The standard InChI is InChI=1S/C27H27BrN4O5S2/c1-5-32-24(16(2)37-20-12-8-18(28)9-13-20)30-31-27(32)39-15-22(33)29-25-23(26(34)36-4)21(14-38-25)17-6-10-19(35-3)11-7-17/h6-14,16H,5,15H2,1-4H3,(H,29,33). The summed E-state index contributed by atoms with van der Waals surface area (Å²) in [5.41, 5.74) is 1.79. The molecule has 1 atom stereocenters. The van der Waals surface area contributed by atoms with Gasteiger partial charge in [0.05, 0.1) is 20.0 Å². The summed E-state index contributed by atoms with van der Waals surface area (Å²) < 4.78 is 19.1. The average molecular weight is 632 g/mol. The first-order valence-corrected chi connectivity index (χ1v) is 14.6. The largest absolute Gasteiger partial charge is 0.497 e. The van der Waals surface area contributed by atoms with E-state index in [4.69, 9.17) is 14.2 Å². The lowest BCUT2D eigenvalue weighted by Gasteiger charge is -2.15. The van der Waals surface area contributed by atoms with E-state index in [1.807, 2.05) is 72.3 Å². The normalized spacial score (nSPS) is 11.6. The van der Waals surface area contributed by atoms with Gasteiger partial charge in [0.1, 0.15) is 22.1 Å². The Hall–Kier alpha value is -3.35. The fourth-order valence-corrected chi connectivity index (χ4v) is 5.85. The lowest BCUT2D eigenvalue weighted by Crippen LogP contribution is -2.17. The van der Waals surface area contributed by atoms with Gasteiger partial charge in [-0.3, -0.25) is 4.79 Å². The van der Waals surface area contributed by atoms with Gasteiger partial charge in [-0.15, -0.1) is 21.5 Å². The molecule has 0 aliphatic heterocycles. The smallest absolute Gasteiger partial charge is 0.341 e. The highest BCUT2D eigenvalue weighted by Crippen LogP contribution is 2.37. The predicted octanol–water partition coefficient (Wildman–Crippen LogP) is 6.46. The van der Waals surface area contributed by atoms with Gasteiger partial charge in [-0.25, -0.2) is 4.79 Å². The second-order valence-corrected chi connectivity index (χ2v) is 10.9. The Bertz CT molecular complexity index is 1440. The fraction of sp³-hybridized carbons (Fsp3) is 0.259. The minimum Gasteiger partial charge on any atom is -0.497 e. The molecule has 0 aliphatic carbocycles. The first kappa shape index (κ1) is 28.7. The van der Waals surface area contributed by atoms with Crippen molar-refractivity contribution in [2.45, 2.75) is 31.7 Å². The number of carbonyl (C=O) groups excluding carboxylic acids is 2. The van der Waals surface area contributed by atoms with Crippen LogP contribution < -0.4 is 14.8 Å². The van der Waals surface area contributed by atoms with Gasteiger partial charge < -0.3 is 24.1 Å². The molecule has 0 aliphatic rings. The maximum atomic E-state index is 12.9. The van der Waals surface area contributed by atoms with E-state index >= 15 is 0 Å². The van der Waals surface area contributed by atoms with Crippen LogP contribution >= 0.6 is 39.0 Å². The number of amides is 1. The van der Waals surface area contributed by atoms with Gasteiger partial charge >= 0.3 is 5.97 Å². The number of nitrogens with one attached hydrogen (secondary N) is 1. The van der Waals surface area contributed by atoms with Crippen molar-refractivity contribution in [3.05, 3.63) is 69.8 Å². The summed E-state index contributed by atoms with van der Waals surface area (Å²) in [6, 6.07) is 14.9. The molecule has 0 spiro atoms. The first-order chi connectivity index (χ1) is 18.8. The average Bonchev–Trinajstić information content (AvgIpc) is 3.56. The van der Waals surface area contributed by atoms with Crippen molar-refractivity contribution in [3.8, 4) is 22.6 Å². The van der Waals surface area contributed by atoms with Crippen molar-refractivity contribution in [2.24, 2.45) is 0 Å². The Labute approximate surface area is 243 Å². The van der Waals surface area contributed by atoms with Gasteiger partial charge in [-0.1, -0.05) is 39.8 Å². The number of anilines is 1. The van der Waals surface area contributed by atoms with Crippen LogP contribution in [0.15, 0.2) is 63.5 Å². The summed E-state index contributed by atoms with van der Waals surface area (Å²) in [4.78, 5) is 25.5. The van der Waals surface area contributed by atoms with E-state index in [9.17, 15) is 9.59 Å². The lowest BCUT2D eigenvalue weighted by atomic mass is 10.0. The van der Waals surface area contributed by atoms with Gasteiger partial charge in [0.25, 0.3) is 0 Å². The molecular weight excluding hydrogens is 604 g/mol. The molecule has 2 heterocycles. The van der Waals surface area contributed by atoms with Crippen LogP contribution in [0.5, 0.6) is 11.5 Å². The number of halogens is 1. The van der Waals surface area contributed by atoms with Crippen LogP contribution in [0.4, 0.5) is 5.00 Å². The molecule has 1 N–H and O–H groups in total. The zero-order valence-corrected chi connectivity index (χ0v) is 25.0. The molecule has 0 bridgehead atoms. The van der Waals surface area contributed by atoms with Crippen molar-refractivity contribution in [1.29, 1.82) is 0 Å². The number of hydrogen-bond donors (Lipinski definition) is 1. The molecule has 39 heavy (non-hydrogen) atoms. The van der Waals surface area contributed by atoms with E-state index in [0.717, 1.165) is 15.8 Å². The van der Waals surface area contributed by atoms with Gasteiger partial charge in [-0.05, 0) is 55.8 Å². The lowest BCUT2D eigenvalue weighted by molar-refractivity contribution is -0.113. The van der Waals surface area contributed by atoms with Crippen molar-refractivity contribution >= 4 is 55.9 Å². The number of methoxy groups -OCH3 is 2. The van der Waals surface area contributed by atoms with Crippen LogP contribution in [0.2, 0.25) is 0 Å². The summed E-state index contributed by atoms with van der Waals surface area (Å²) >= 11 is 5.95. The van der Waals surface area contributed by atoms with Crippen molar-refractivity contribution in [1.82, 2.24) is 14.8 Å². The van der Waals surface area contributed by atoms with Gasteiger partial charge in [0, 0.05) is 22.0 Å². The third-order valence-electron chi connectivity index (χ3n) is 5.72. The Morgan fingerprint density at radius 1 is 1.08 bits per heavy atom. The number of hydrogen-bond acceptors (Lipinski definition) is 9. The molecule has 2 aromatic heterocycles. The van der Waals surface area contributed by atoms with Crippen molar-refractivity contribution in [3.63, 3.8) is 0 Å². The SMILES string of the molecule is CCn1c(SCC(=O)Nc2scc(-c3ccc(OC)cc3)c2C(=O)OC)nnc1C(C)Oc1ccc(Br)cc1. The summed E-state index contributed by atoms with van der Waals surface area (Å²) in [5, 5.41) is 14.3. The van der Waals surface area contributed by atoms with Crippen LogP contribution in [0.25, 0.3) is 11.1 Å². The van der Waals surface area contributed by atoms with Crippen LogP contribution in [0.3, 0.4) is 0 Å². The number of thioether (sulfide) groups is 1. The van der Waals surface area contributed by atoms with Gasteiger partial charge in [-0.2, -0.15) is 0 Å². The van der Waals surface area contributed by atoms with Crippen LogP contribution in [-0.4, -0.2) is 46.6 Å². The van der Waals surface area contributed by atoms with Crippen LogP contribution in [0, 0.1) is 0 Å². The van der Waals surface area contributed by atoms with E-state index in [1.54, 1.807) is 7.11 Å². The number of rotatable bonds is 11. The number of aromatic nitrogens is 3. The minimum atomic E-state index is -0.528. The second kappa shape index (κ2) is 13.1. The zero-order chi connectivity index (χ0) is 27.9. The molecule has 0 saturated carbocycles. The number of esters is 1. The van der Waals surface area contributed by atoms with E-state index < -0.39 is 5.97 Å². The summed E-state index contributed by atoms with van der Waals surface area (Å²) in [6.45, 7) is 4.51. The monoisotopic (exact) mass is 630 g/mol. The Balaban J connectivity index is 1.45. The van der Waals surface area contributed by atoms with Gasteiger partial charge in [0.15, 0.2) is 17.1 Å². The molecule has 0 saturated heterocycles. The Morgan fingerprint density at radius 3 is 2.41 bits per heavy atom. The summed E-state index contributed by atoms with van der Waals surface area (Å²) in [6.07, 6.45) is -0.341. The van der Waals surface area contributed by atoms with Crippen molar-refractivity contribution < 1.29 is 23.8 Å². The van der Waals surface area contributed by atoms with Crippen LogP contribution in [-0.2, 0) is 16.1 Å². The molecule has 4 aromatic rings. The van der Waals surface area contributed by atoms with E-state index in [1.165, 1.54) is 30.2 Å². The zero-order valence-electron chi connectivity index (χ0n) is 21.8. The van der Waals surface area contributed by atoms with Crippen LogP contribution in [0.1, 0.15) is 36.1 Å². The Morgan fingerprint density at radius 2 is 1.77 bits per heavy atom. The molecular formula is C27H27BrN4O5S2. The number of benzene rings is 2. The topological polar surface area (TPSA) is 105 Å². The quantitative estimate of drug-likeness (QED) is 0.149. The highest BCUT2D eigenvalue weighted by Gasteiger charge is 2.23. The van der Waals surface area contributed by atoms with E-state index in [2.05, 4.69) is 31.4 Å². The number of ether oxygens (including phenoxy) is 3. The molecule has 4 rings (SSSR count). The number of thiophene rings is 1. The minimum absolute atomic E-state index is 0.0798. The Kier molecular flexibility index (Phi) is 9.65. The fourth-order valence-electron chi connectivity index (χ4n) is 3.81. The molecule has 0 fully saturated rings. The number of nitrogens with zero attached hydrogens (tertiary/aromatic N) is 3. The molecule has 12 heteroatoms. The highest BCUT2D eigenvalue weighted by molar-refractivity contribution is 9.10. The first-order valence-electron chi connectivity index (χ1n) is 12.0. The second-order valence-electron chi connectivity index (χ2n) is 8.21. The number of carbonyl (C=O) groups is 2. The van der Waals surface area contributed by atoms with E-state index in [0.29, 0.717) is 39.4 Å². The molecule has 2 aromatic carbocycles. The van der Waals surface area contributed by atoms with E-state index in [-0.39, 0.29) is 17.8 Å². The predicted molar refractivity (Wildman–Crippen MR) is 156 cm³/mol. The maximum Gasteiger partial charge on any atom is 0.341 e. The molecule has 0 radical (unpaired) electrons. The van der Waals surface area contributed by atoms with Crippen molar-refractivity contribution in [2.75, 3.05) is 25.3 Å². The molecule has 9 nitrogen and oxygen atoms in total.